The largest absolute Gasteiger partial charge is 0.481 e. The summed E-state index contributed by atoms with van der Waals surface area (Å²) in [6.07, 6.45) is 4.51. The minimum absolute atomic E-state index is 0.0483. The molecule has 152 valence electrons. The van der Waals surface area contributed by atoms with Crippen molar-refractivity contribution < 1.29 is 14.1 Å². The summed E-state index contributed by atoms with van der Waals surface area (Å²) in [6, 6.07) is 11.7. The number of fused-ring (bicyclic) bond motifs is 3. The first-order chi connectivity index (χ1) is 13.8. The van der Waals surface area contributed by atoms with Crippen LogP contribution in [-0.4, -0.2) is 26.1 Å². The lowest BCUT2D eigenvalue weighted by Gasteiger charge is -2.25. The van der Waals surface area contributed by atoms with Gasteiger partial charge in [0.15, 0.2) is 0 Å². The quantitative estimate of drug-likeness (QED) is 0.492. The van der Waals surface area contributed by atoms with E-state index in [-0.39, 0.29) is 12.3 Å². The third-order valence-electron chi connectivity index (χ3n) is 5.59. The predicted molar refractivity (Wildman–Crippen MR) is 120 cm³/mol. The second-order valence-corrected chi connectivity index (χ2v) is 10.2. The minimum atomic E-state index is -1.17. The summed E-state index contributed by atoms with van der Waals surface area (Å²) in [5.41, 5.74) is 4.30. The average Bonchev–Trinajstić information content (AvgIpc) is 2.97. The van der Waals surface area contributed by atoms with Crippen LogP contribution in [0, 0.1) is 0 Å². The summed E-state index contributed by atoms with van der Waals surface area (Å²) >= 11 is 9.62. The number of carboxylic acid groups (broad SMARTS) is 1. The number of hydrogen-bond acceptors (Lipinski definition) is 2. The van der Waals surface area contributed by atoms with Gasteiger partial charge in [0.05, 0.1) is 27.6 Å². The van der Waals surface area contributed by atoms with Crippen LogP contribution in [0.4, 0.5) is 0 Å². The van der Waals surface area contributed by atoms with Gasteiger partial charge in [0.2, 0.25) is 0 Å². The van der Waals surface area contributed by atoms with E-state index in [1.54, 1.807) is 6.26 Å². The van der Waals surface area contributed by atoms with Gasteiger partial charge in [-0.25, -0.2) is 0 Å². The Kier molecular flexibility index (Phi) is 5.87. The zero-order valence-corrected chi connectivity index (χ0v) is 19.1. The number of halogens is 2. The standard InChI is InChI=1S/C22H21BrClNO3S/c1-29(28)19-11-15(23)10-18-17-4-2-3-14(9-20(26)27)21(17)25(22(18)19)12-13-5-7-16(24)8-6-13/h5-8,10-11,14H,2-4,9,12H2,1H3,(H,26,27)/t14-,29-/m1/s1. The molecule has 0 aliphatic heterocycles. The molecule has 1 aromatic heterocycles. The van der Waals surface area contributed by atoms with Crippen LogP contribution in [0.3, 0.4) is 0 Å². The molecular weight excluding hydrogens is 474 g/mol. The van der Waals surface area contributed by atoms with Crippen molar-refractivity contribution in [3.63, 3.8) is 0 Å². The molecule has 1 aliphatic rings. The average molecular weight is 495 g/mol. The van der Waals surface area contributed by atoms with Crippen LogP contribution in [0.2, 0.25) is 5.02 Å². The molecule has 0 spiro atoms. The van der Waals surface area contributed by atoms with Gasteiger partial charge in [0.25, 0.3) is 0 Å². The fourth-order valence-electron chi connectivity index (χ4n) is 4.46. The highest BCUT2D eigenvalue weighted by Gasteiger charge is 2.30. The van der Waals surface area contributed by atoms with Crippen LogP contribution in [0.1, 0.15) is 42.0 Å². The highest BCUT2D eigenvalue weighted by molar-refractivity contribution is 9.10. The van der Waals surface area contributed by atoms with E-state index in [4.69, 9.17) is 11.6 Å². The van der Waals surface area contributed by atoms with Crippen molar-refractivity contribution in [2.24, 2.45) is 0 Å². The fourth-order valence-corrected chi connectivity index (χ4v) is 5.98. The molecule has 1 aliphatic carbocycles. The predicted octanol–water partition coefficient (Wildman–Crippen LogP) is 5.74. The Morgan fingerprint density at radius 1 is 1.31 bits per heavy atom. The van der Waals surface area contributed by atoms with Crippen LogP contribution < -0.4 is 0 Å². The van der Waals surface area contributed by atoms with Crippen LogP contribution in [0.5, 0.6) is 0 Å². The molecule has 0 saturated carbocycles. The molecule has 0 unspecified atom stereocenters. The van der Waals surface area contributed by atoms with Crippen LogP contribution >= 0.6 is 27.5 Å². The number of aliphatic carboxylic acids is 1. The van der Waals surface area contributed by atoms with Gasteiger partial charge in [0.1, 0.15) is 0 Å². The first kappa shape index (κ1) is 20.6. The Morgan fingerprint density at radius 3 is 2.69 bits per heavy atom. The number of carbonyl (C=O) groups is 1. The molecule has 2 aromatic carbocycles. The van der Waals surface area contributed by atoms with Crippen molar-refractivity contribution in [1.82, 2.24) is 4.57 Å². The summed E-state index contributed by atoms with van der Waals surface area (Å²) < 4.78 is 15.7. The summed E-state index contributed by atoms with van der Waals surface area (Å²) in [5, 5.41) is 11.2. The Bertz CT molecular complexity index is 1120. The number of rotatable bonds is 5. The maximum absolute atomic E-state index is 12.6. The number of benzene rings is 2. The maximum atomic E-state index is 12.6. The van der Waals surface area contributed by atoms with Gasteiger partial charge >= 0.3 is 5.97 Å². The number of nitrogens with zero attached hydrogens (tertiary/aromatic N) is 1. The lowest BCUT2D eigenvalue weighted by Crippen LogP contribution is -2.17. The minimum Gasteiger partial charge on any atom is -0.481 e. The topological polar surface area (TPSA) is 59.3 Å². The lowest BCUT2D eigenvalue weighted by atomic mass is 9.84. The first-order valence-electron chi connectivity index (χ1n) is 9.49. The van der Waals surface area contributed by atoms with Crippen molar-refractivity contribution in [1.29, 1.82) is 0 Å². The smallest absolute Gasteiger partial charge is 0.304 e. The Balaban J connectivity index is 2.00. The van der Waals surface area contributed by atoms with Crippen LogP contribution in [-0.2, 0) is 28.6 Å². The van der Waals surface area contributed by atoms with Gasteiger partial charge in [0, 0.05) is 39.3 Å². The number of aryl methyl sites for hydroxylation is 1. The molecule has 1 heterocycles. The molecule has 0 radical (unpaired) electrons. The van der Waals surface area contributed by atoms with Gasteiger partial charge in [-0.15, -0.1) is 0 Å². The van der Waals surface area contributed by atoms with E-state index in [9.17, 15) is 14.1 Å². The first-order valence-corrected chi connectivity index (χ1v) is 12.2. The second-order valence-electron chi connectivity index (χ2n) is 7.52. The summed E-state index contributed by atoms with van der Waals surface area (Å²) in [4.78, 5) is 12.3. The number of hydrogen-bond donors (Lipinski definition) is 1. The zero-order valence-electron chi connectivity index (χ0n) is 16.0. The van der Waals surface area contributed by atoms with E-state index in [0.29, 0.717) is 11.6 Å². The van der Waals surface area contributed by atoms with Gasteiger partial charge in [-0.2, -0.15) is 0 Å². The lowest BCUT2D eigenvalue weighted by molar-refractivity contribution is -0.137. The van der Waals surface area contributed by atoms with E-state index >= 15 is 0 Å². The SMILES string of the molecule is C[S@@](=O)c1cc(Br)cc2c3c(n(Cc4ccc(Cl)cc4)c12)[C@@H](CC(=O)O)CCC3. The zero-order chi connectivity index (χ0) is 20.7. The Morgan fingerprint density at radius 2 is 2.03 bits per heavy atom. The highest BCUT2D eigenvalue weighted by atomic mass is 79.9. The van der Waals surface area contributed by atoms with Gasteiger partial charge < -0.3 is 9.67 Å². The van der Waals surface area contributed by atoms with Crippen molar-refractivity contribution in [3.05, 3.63) is 62.7 Å². The molecule has 0 amide bonds. The monoisotopic (exact) mass is 493 g/mol. The molecule has 7 heteroatoms. The third kappa shape index (κ3) is 4.03. The van der Waals surface area contributed by atoms with Crippen molar-refractivity contribution in [2.45, 2.75) is 43.0 Å². The number of aromatic nitrogens is 1. The third-order valence-corrected chi connectivity index (χ3v) is 7.23. The maximum Gasteiger partial charge on any atom is 0.304 e. The normalized spacial score (nSPS) is 17.3. The summed E-state index contributed by atoms with van der Waals surface area (Å²) in [6.45, 7) is 0.588. The molecule has 1 N–H and O–H groups in total. The van der Waals surface area contributed by atoms with Gasteiger partial charge in [-0.1, -0.05) is 39.7 Å². The van der Waals surface area contributed by atoms with E-state index < -0.39 is 16.8 Å². The molecule has 3 aromatic rings. The van der Waals surface area contributed by atoms with Crippen LogP contribution in [0.15, 0.2) is 45.8 Å². The van der Waals surface area contributed by atoms with Crippen LogP contribution in [0.25, 0.3) is 10.9 Å². The van der Waals surface area contributed by atoms with Crippen molar-refractivity contribution >= 4 is 55.2 Å². The summed E-state index contributed by atoms with van der Waals surface area (Å²) in [5.74, 6) is -0.834. The van der Waals surface area contributed by atoms with Gasteiger partial charge in [-0.3, -0.25) is 9.00 Å². The highest BCUT2D eigenvalue weighted by Crippen LogP contribution is 2.43. The van der Waals surface area contributed by atoms with E-state index in [2.05, 4.69) is 26.6 Å². The van der Waals surface area contributed by atoms with E-state index in [0.717, 1.165) is 50.8 Å². The number of carboxylic acids is 1. The molecule has 0 bridgehead atoms. The summed E-state index contributed by atoms with van der Waals surface area (Å²) in [7, 11) is -1.17. The Hall–Kier alpha value is -1.63. The molecule has 2 atom stereocenters. The molecule has 0 fully saturated rings. The fraction of sp³-hybridized carbons (Fsp3) is 0.318. The molecular formula is C22H21BrClNO3S. The Labute approximate surface area is 185 Å². The van der Waals surface area contributed by atoms with E-state index in [1.807, 2.05) is 30.3 Å². The molecule has 0 saturated heterocycles. The van der Waals surface area contributed by atoms with Gasteiger partial charge in [-0.05, 0) is 54.7 Å². The molecule has 29 heavy (non-hydrogen) atoms. The second kappa shape index (κ2) is 8.25. The van der Waals surface area contributed by atoms with Crippen molar-refractivity contribution in [3.8, 4) is 0 Å². The molecule has 4 nitrogen and oxygen atoms in total. The van der Waals surface area contributed by atoms with Crippen molar-refractivity contribution in [2.75, 3.05) is 6.26 Å². The molecule has 4 rings (SSSR count). The van der Waals surface area contributed by atoms with E-state index in [1.165, 1.54) is 5.56 Å².